The van der Waals surface area contributed by atoms with Gasteiger partial charge >= 0.3 is 6.03 Å². The van der Waals surface area contributed by atoms with E-state index in [-0.39, 0.29) is 24.7 Å². The van der Waals surface area contributed by atoms with Crippen LogP contribution in [0.2, 0.25) is 0 Å². The zero-order valence-electron chi connectivity index (χ0n) is 17.1. The lowest BCUT2D eigenvalue weighted by Crippen LogP contribution is -2.30. The number of halogens is 1. The minimum Gasteiger partial charge on any atom is -0.373 e. The highest BCUT2D eigenvalue weighted by molar-refractivity contribution is 6.13. The van der Waals surface area contributed by atoms with E-state index < -0.39 is 12.0 Å². The van der Waals surface area contributed by atoms with Crippen molar-refractivity contribution in [3.8, 4) is 0 Å². The van der Waals surface area contributed by atoms with E-state index in [1.807, 2.05) is 6.07 Å². The number of anilines is 3. The Morgan fingerprint density at radius 2 is 1.97 bits per heavy atom. The summed E-state index contributed by atoms with van der Waals surface area (Å²) in [4.78, 5) is 39.7. The molecule has 2 N–H and O–H groups in total. The Hall–Kier alpha value is -3.76. The Kier molecular flexibility index (Phi) is 4.45. The molecule has 160 valence electrons. The Morgan fingerprint density at radius 1 is 1.19 bits per heavy atom. The highest BCUT2D eigenvalue weighted by atomic mass is 19.1. The second kappa shape index (κ2) is 7.18. The third-order valence-electron chi connectivity index (χ3n) is 5.61. The minimum absolute atomic E-state index is 0.0884. The van der Waals surface area contributed by atoms with Crippen LogP contribution >= 0.6 is 0 Å². The van der Waals surface area contributed by atoms with Gasteiger partial charge in [-0.25, -0.2) is 19.7 Å². The van der Waals surface area contributed by atoms with E-state index in [0.717, 1.165) is 23.3 Å². The number of aromatic nitrogens is 4. The van der Waals surface area contributed by atoms with Crippen molar-refractivity contribution in [2.75, 3.05) is 36.2 Å². The summed E-state index contributed by atoms with van der Waals surface area (Å²) in [6, 6.07) is 3.11. The molecule has 0 atom stereocenters. The average molecular weight is 424 g/mol. The molecule has 0 spiro atoms. The highest BCUT2D eigenvalue weighted by Gasteiger charge is 2.37. The Bertz CT molecular complexity index is 1210. The summed E-state index contributed by atoms with van der Waals surface area (Å²) in [6.45, 7) is 0.00751. The monoisotopic (exact) mass is 424 g/mol. The molecule has 3 amide bonds. The zero-order valence-corrected chi connectivity index (χ0v) is 17.1. The molecule has 0 radical (unpaired) electrons. The Morgan fingerprint density at radius 3 is 2.65 bits per heavy atom. The van der Waals surface area contributed by atoms with E-state index in [4.69, 9.17) is 0 Å². The van der Waals surface area contributed by atoms with Gasteiger partial charge in [0, 0.05) is 26.4 Å². The van der Waals surface area contributed by atoms with E-state index >= 15 is 4.39 Å². The molecule has 3 aromatic rings. The van der Waals surface area contributed by atoms with E-state index in [1.165, 1.54) is 22.7 Å². The van der Waals surface area contributed by atoms with Gasteiger partial charge in [0.2, 0.25) is 11.9 Å². The fraction of sp³-hybridized carbons (Fsp3) is 0.350. The van der Waals surface area contributed by atoms with Crippen LogP contribution in [-0.2, 0) is 11.3 Å². The van der Waals surface area contributed by atoms with Gasteiger partial charge in [0.25, 0.3) is 0 Å². The molecule has 0 bridgehead atoms. The first-order chi connectivity index (χ1) is 15.0. The van der Waals surface area contributed by atoms with Crippen molar-refractivity contribution < 1.29 is 14.0 Å². The fourth-order valence-corrected chi connectivity index (χ4v) is 3.67. The first-order valence-corrected chi connectivity index (χ1v) is 9.98. The number of carbonyl (C=O) groups excluding carboxylic acids is 2. The van der Waals surface area contributed by atoms with Crippen LogP contribution in [0.5, 0.6) is 0 Å². The van der Waals surface area contributed by atoms with Crippen LogP contribution in [0.15, 0.2) is 24.7 Å². The number of imidazole rings is 1. The van der Waals surface area contributed by atoms with Gasteiger partial charge in [-0.2, -0.15) is 4.39 Å². The molecule has 31 heavy (non-hydrogen) atoms. The van der Waals surface area contributed by atoms with Crippen LogP contribution in [0.25, 0.3) is 5.65 Å². The predicted octanol–water partition coefficient (Wildman–Crippen LogP) is 2.19. The van der Waals surface area contributed by atoms with Crippen LogP contribution < -0.4 is 15.5 Å². The zero-order chi connectivity index (χ0) is 21.7. The number of amides is 3. The first-order valence-electron chi connectivity index (χ1n) is 9.98. The quantitative estimate of drug-likeness (QED) is 0.584. The summed E-state index contributed by atoms with van der Waals surface area (Å²) in [6.07, 6.45) is 5.17. The maximum atomic E-state index is 15.3. The van der Waals surface area contributed by atoms with Crippen LogP contribution in [0.4, 0.5) is 26.5 Å². The number of nitrogens with one attached hydrogen (secondary N) is 2. The third-order valence-corrected chi connectivity index (χ3v) is 5.61. The molecule has 4 heterocycles. The van der Waals surface area contributed by atoms with E-state index in [9.17, 15) is 9.59 Å². The largest absolute Gasteiger partial charge is 0.373 e. The van der Waals surface area contributed by atoms with E-state index in [0.29, 0.717) is 28.9 Å². The molecule has 1 saturated carbocycles. The summed E-state index contributed by atoms with van der Waals surface area (Å²) in [5, 5.41) is 5.97. The summed E-state index contributed by atoms with van der Waals surface area (Å²) >= 11 is 0. The van der Waals surface area contributed by atoms with Crippen molar-refractivity contribution in [2.45, 2.75) is 25.3 Å². The van der Waals surface area contributed by atoms with Gasteiger partial charge in [-0.05, 0) is 30.4 Å². The number of likely N-dealkylation sites (N-methyl/N-ethyl adjacent to an activating group) is 1. The van der Waals surface area contributed by atoms with Crippen molar-refractivity contribution in [1.82, 2.24) is 24.3 Å². The van der Waals surface area contributed by atoms with Crippen LogP contribution in [0.1, 0.15) is 30.0 Å². The van der Waals surface area contributed by atoms with Gasteiger partial charge in [0.15, 0.2) is 5.65 Å². The van der Waals surface area contributed by atoms with Gasteiger partial charge in [0.1, 0.15) is 30.2 Å². The second-order valence-corrected chi connectivity index (χ2v) is 7.69. The molecular weight excluding hydrogens is 403 g/mol. The van der Waals surface area contributed by atoms with Crippen molar-refractivity contribution in [1.29, 1.82) is 0 Å². The second-order valence-electron chi connectivity index (χ2n) is 7.69. The van der Waals surface area contributed by atoms with Gasteiger partial charge < -0.3 is 10.6 Å². The van der Waals surface area contributed by atoms with Gasteiger partial charge in [-0.3, -0.25) is 19.0 Å². The molecule has 11 heteroatoms. The molecule has 1 aliphatic heterocycles. The maximum absolute atomic E-state index is 15.3. The lowest BCUT2D eigenvalue weighted by Gasteiger charge is -2.17. The molecule has 0 unspecified atom stereocenters. The summed E-state index contributed by atoms with van der Waals surface area (Å²) < 4.78 is 16.7. The van der Waals surface area contributed by atoms with Crippen LogP contribution in [-0.4, -0.2) is 56.8 Å². The molecule has 2 aliphatic rings. The number of hydrogen-bond donors (Lipinski definition) is 2. The number of urea groups is 1. The number of nitrogens with zero attached hydrogens (tertiary/aromatic N) is 6. The standard InChI is InChI=1S/C20H21FN8O2/c1-22-15-6-16(25-10-24-15)23-7-13-18(21)29-8-12(11-3-4-11)5-14(19(29)26-13)28-9-17(30)27(2)20(28)31/h5-6,8,10-11H,3-4,7,9H2,1-2H3,(H2,22,23,24,25). The molecule has 3 aromatic heterocycles. The van der Waals surface area contributed by atoms with Crippen molar-refractivity contribution >= 4 is 34.9 Å². The summed E-state index contributed by atoms with van der Waals surface area (Å²) in [5.74, 6) is 0.666. The topological polar surface area (TPSA) is 108 Å². The molecule has 10 nitrogen and oxygen atoms in total. The van der Waals surface area contributed by atoms with Gasteiger partial charge in [0.05, 0.1) is 12.2 Å². The Balaban J connectivity index is 1.53. The molecule has 5 rings (SSSR count). The smallest absolute Gasteiger partial charge is 0.331 e. The number of hydrogen-bond acceptors (Lipinski definition) is 7. The van der Waals surface area contributed by atoms with Crippen molar-refractivity contribution in [3.05, 3.63) is 41.9 Å². The number of fused-ring (bicyclic) bond motifs is 1. The Labute approximate surface area is 177 Å². The summed E-state index contributed by atoms with van der Waals surface area (Å²) in [5.41, 5.74) is 1.86. The molecular formula is C20H21FN8O2. The normalized spacial score (nSPS) is 16.5. The average Bonchev–Trinajstić information content (AvgIpc) is 3.54. The fourth-order valence-electron chi connectivity index (χ4n) is 3.67. The first kappa shape index (κ1) is 19.2. The molecule has 0 aromatic carbocycles. The minimum atomic E-state index is -0.513. The molecule has 2 fully saturated rings. The summed E-state index contributed by atoms with van der Waals surface area (Å²) in [7, 11) is 3.18. The maximum Gasteiger partial charge on any atom is 0.331 e. The lowest BCUT2D eigenvalue weighted by atomic mass is 10.1. The predicted molar refractivity (Wildman–Crippen MR) is 112 cm³/mol. The SMILES string of the molecule is CNc1cc(NCc2nc3c(N4CC(=O)N(C)C4=O)cc(C4CC4)cn3c2F)ncn1. The number of pyridine rings is 1. The van der Waals surface area contributed by atoms with Crippen LogP contribution in [0.3, 0.4) is 0 Å². The van der Waals surface area contributed by atoms with Crippen molar-refractivity contribution in [2.24, 2.45) is 0 Å². The number of rotatable bonds is 6. The van der Waals surface area contributed by atoms with E-state index in [2.05, 4.69) is 25.6 Å². The lowest BCUT2D eigenvalue weighted by molar-refractivity contribution is -0.123. The van der Waals surface area contributed by atoms with Crippen LogP contribution in [0, 0.1) is 5.95 Å². The van der Waals surface area contributed by atoms with Gasteiger partial charge in [-0.1, -0.05) is 0 Å². The number of carbonyl (C=O) groups is 2. The molecule has 1 aliphatic carbocycles. The van der Waals surface area contributed by atoms with E-state index in [1.54, 1.807) is 19.3 Å². The van der Waals surface area contributed by atoms with Crippen molar-refractivity contribution in [3.63, 3.8) is 0 Å². The number of imide groups is 1. The van der Waals surface area contributed by atoms with Gasteiger partial charge in [-0.15, -0.1) is 0 Å². The molecule has 1 saturated heterocycles. The third kappa shape index (κ3) is 3.31. The highest BCUT2D eigenvalue weighted by Crippen LogP contribution is 2.42.